The van der Waals surface area contributed by atoms with Crippen LogP contribution in [0, 0.1) is 0 Å². The van der Waals surface area contributed by atoms with Crippen LogP contribution in [0.5, 0.6) is 5.75 Å². The van der Waals surface area contributed by atoms with Gasteiger partial charge in [0.1, 0.15) is 11.6 Å². The van der Waals surface area contributed by atoms with Crippen molar-refractivity contribution in [3.63, 3.8) is 0 Å². The number of aromatic nitrogens is 2. The van der Waals surface area contributed by atoms with Crippen molar-refractivity contribution in [1.82, 2.24) is 10.2 Å². The second-order valence-corrected chi connectivity index (χ2v) is 3.91. The van der Waals surface area contributed by atoms with Gasteiger partial charge in [-0.2, -0.15) is 5.10 Å². The summed E-state index contributed by atoms with van der Waals surface area (Å²) in [6, 6.07) is 4.59. The highest BCUT2D eigenvalue weighted by atomic mass is 35.5. The average molecular weight is 267 g/mol. The number of nitrogen functional groups attached to an aromatic ring is 1. The van der Waals surface area contributed by atoms with Gasteiger partial charge in [0.05, 0.1) is 29.6 Å². The highest BCUT2D eigenvalue weighted by Crippen LogP contribution is 2.29. The fraction of sp³-hybridized carbons (Fsp3) is 0.0909. The van der Waals surface area contributed by atoms with Crippen molar-refractivity contribution in [1.29, 1.82) is 0 Å². The number of ether oxygens (including phenoxy) is 1. The zero-order chi connectivity index (χ0) is 13.1. The number of nitrogens with one attached hydrogen (secondary N) is 2. The van der Waals surface area contributed by atoms with Crippen LogP contribution in [0.15, 0.2) is 24.4 Å². The summed E-state index contributed by atoms with van der Waals surface area (Å²) in [6.45, 7) is 0. The van der Waals surface area contributed by atoms with Crippen LogP contribution in [0.2, 0.25) is 5.02 Å². The van der Waals surface area contributed by atoms with Gasteiger partial charge in [-0.15, -0.1) is 0 Å². The van der Waals surface area contributed by atoms with Crippen LogP contribution in [0.4, 0.5) is 11.5 Å². The quantitative estimate of drug-likeness (QED) is 0.740. The van der Waals surface area contributed by atoms with Gasteiger partial charge in [0.15, 0.2) is 0 Å². The molecule has 0 fully saturated rings. The lowest BCUT2D eigenvalue weighted by Gasteiger charge is -2.10. The molecule has 0 aliphatic heterocycles. The largest absolute Gasteiger partial charge is 0.496 e. The maximum Gasteiger partial charge on any atom is 0.260 e. The third-order valence-corrected chi connectivity index (χ3v) is 2.64. The molecule has 1 amide bonds. The SMILES string of the molecule is COc1cc(N)c(Cl)cc1C(=O)Nc1ccn[nH]1. The molecule has 18 heavy (non-hydrogen) atoms. The third kappa shape index (κ3) is 2.38. The number of aromatic amines is 1. The van der Waals surface area contributed by atoms with E-state index in [4.69, 9.17) is 22.1 Å². The number of carbonyl (C=O) groups excluding carboxylic acids is 1. The molecule has 1 aromatic carbocycles. The minimum absolute atomic E-state index is 0.297. The van der Waals surface area contributed by atoms with Crippen LogP contribution in [0.3, 0.4) is 0 Å². The molecule has 7 heteroatoms. The number of halogens is 1. The highest BCUT2D eigenvalue weighted by Gasteiger charge is 2.15. The van der Waals surface area contributed by atoms with Gasteiger partial charge in [-0.05, 0) is 6.07 Å². The van der Waals surface area contributed by atoms with Gasteiger partial charge in [0.25, 0.3) is 5.91 Å². The Morgan fingerprint density at radius 1 is 1.56 bits per heavy atom. The molecule has 0 bridgehead atoms. The predicted octanol–water partition coefficient (Wildman–Crippen LogP) is 1.91. The first-order valence-electron chi connectivity index (χ1n) is 5.05. The first-order chi connectivity index (χ1) is 8.61. The minimum Gasteiger partial charge on any atom is -0.496 e. The zero-order valence-electron chi connectivity index (χ0n) is 9.53. The van der Waals surface area contributed by atoms with Crippen molar-refractivity contribution in [3.8, 4) is 5.75 Å². The molecular weight excluding hydrogens is 256 g/mol. The Balaban J connectivity index is 2.32. The minimum atomic E-state index is -0.363. The van der Waals surface area contributed by atoms with Crippen LogP contribution in [-0.2, 0) is 0 Å². The van der Waals surface area contributed by atoms with Gasteiger partial charge in [-0.25, -0.2) is 0 Å². The van der Waals surface area contributed by atoms with Crippen molar-refractivity contribution < 1.29 is 9.53 Å². The van der Waals surface area contributed by atoms with Crippen molar-refractivity contribution in [2.24, 2.45) is 0 Å². The maximum absolute atomic E-state index is 12.0. The number of rotatable bonds is 3. The first kappa shape index (κ1) is 12.3. The standard InChI is InChI=1S/C11H11ClN4O2/c1-18-9-5-8(13)7(12)4-6(9)11(17)15-10-2-3-14-16-10/h2-5H,13H2,1H3,(H2,14,15,16,17). The van der Waals surface area contributed by atoms with Gasteiger partial charge < -0.3 is 15.8 Å². The second kappa shape index (κ2) is 4.97. The number of hydrogen-bond donors (Lipinski definition) is 3. The number of amides is 1. The van der Waals surface area contributed by atoms with E-state index in [1.54, 1.807) is 6.07 Å². The van der Waals surface area contributed by atoms with E-state index in [9.17, 15) is 4.79 Å². The summed E-state index contributed by atoms with van der Waals surface area (Å²) in [7, 11) is 1.45. The molecule has 0 saturated heterocycles. The Bertz CT molecular complexity index is 569. The predicted molar refractivity (Wildman–Crippen MR) is 69.0 cm³/mol. The lowest BCUT2D eigenvalue weighted by molar-refractivity contribution is 0.102. The second-order valence-electron chi connectivity index (χ2n) is 3.50. The molecule has 1 aromatic heterocycles. The number of H-pyrrole nitrogens is 1. The summed E-state index contributed by atoms with van der Waals surface area (Å²) in [4.78, 5) is 12.0. The van der Waals surface area contributed by atoms with Gasteiger partial charge in [-0.3, -0.25) is 9.89 Å². The van der Waals surface area contributed by atoms with Gasteiger partial charge in [-0.1, -0.05) is 11.6 Å². The number of carbonyl (C=O) groups is 1. The number of nitrogens with zero attached hydrogens (tertiary/aromatic N) is 1. The number of hydrogen-bond acceptors (Lipinski definition) is 4. The van der Waals surface area contributed by atoms with E-state index in [2.05, 4.69) is 15.5 Å². The van der Waals surface area contributed by atoms with E-state index in [0.717, 1.165) is 0 Å². The molecule has 0 atom stereocenters. The Hall–Kier alpha value is -2.21. The summed E-state index contributed by atoms with van der Waals surface area (Å²) in [5, 5.41) is 9.27. The first-order valence-corrected chi connectivity index (χ1v) is 5.43. The Morgan fingerprint density at radius 2 is 2.33 bits per heavy atom. The molecule has 0 aliphatic carbocycles. The van der Waals surface area contributed by atoms with Crippen LogP contribution < -0.4 is 15.8 Å². The number of anilines is 2. The molecular formula is C11H11ClN4O2. The number of benzene rings is 1. The molecule has 0 aliphatic rings. The highest BCUT2D eigenvalue weighted by molar-refractivity contribution is 6.33. The smallest absolute Gasteiger partial charge is 0.260 e. The van der Waals surface area contributed by atoms with E-state index in [-0.39, 0.29) is 5.91 Å². The summed E-state index contributed by atoms with van der Waals surface area (Å²) < 4.78 is 5.10. The normalized spacial score (nSPS) is 10.1. The lowest BCUT2D eigenvalue weighted by atomic mass is 10.1. The van der Waals surface area contributed by atoms with E-state index in [1.807, 2.05) is 0 Å². The number of methoxy groups -OCH3 is 1. The van der Waals surface area contributed by atoms with E-state index in [1.165, 1.54) is 25.4 Å². The molecule has 0 unspecified atom stereocenters. The van der Waals surface area contributed by atoms with E-state index < -0.39 is 0 Å². The Labute approximate surface area is 108 Å². The molecule has 6 nitrogen and oxygen atoms in total. The van der Waals surface area contributed by atoms with Crippen LogP contribution in [0.25, 0.3) is 0 Å². The van der Waals surface area contributed by atoms with E-state index in [0.29, 0.717) is 27.8 Å². The average Bonchev–Trinajstić information content (AvgIpc) is 2.84. The summed E-state index contributed by atoms with van der Waals surface area (Å²) >= 11 is 5.89. The maximum atomic E-state index is 12.0. The van der Waals surface area contributed by atoms with Gasteiger partial charge >= 0.3 is 0 Å². The third-order valence-electron chi connectivity index (χ3n) is 2.31. The molecule has 2 aromatic rings. The molecule has 1 heterocycles. The topological polar surface area (TPSA) is 93.0 Å². The fourth-order valence-corrected chi connectivity index (χ4v) is 1.59. The zero-order valence-corrected chi connectivity index (χ0v) is 10.3. The van der Waals surface area contributed by atoms with Crippen LogP contribution in [-0.4, -0.2) is 23.2 Å². The fourth-order valence-electron chi connectivity index (χ4n) is 1.43. The van der Waals surface area contributed by atoms with Gasteiger partial charge in [0, 0.05) is 12.1 Å². The summed E-state index contributed by atoms with van der Waals surface area (Å²) in [5.41, 5.74) is 6.29. The van der Waals surface area contributed by atoms with Crippen molar-refractivity contribution >= 4 is 29.0 Å². The van der Waals surface area contributed by atoms with Gasteiger partial charge in [0.2, 0.25) is 0 Å². The van der Waals surface area contributed by atoms with E-state index >= 15 is 0 Å². The van der Waals surface area contributed by atoms with Crippen LogP contribution in [0.1, 0.15) is 10.4 Å². The van der Waals surface area contributed by atoms with Crippen LogP contribution >= 0.6 is 11.6 Å². The Morgan fingerprint density at radius 3 is 2.94 bits per heavy atom. The summed E-state index contributed by atoms with van der Waals surface area (Å²) in [5.74, 6) is 0.474. The Kier molecular flexibility index (Phi) is 3.38. The lowest BCUT2D eigenvalue weighted by Crippen LogP contribution is -2.14. The molecule has 0 spiro atoms. The number of nitrogens with two attached hydrogens (primary N) is 1. The molecule has 94 valence electrons. The monoisotopic (exact) mass is 266 g/mol. The molecule has 2 rings (SSSR count). The molecule has 4 N–H and O–H groups in total. The molecule has 0 radical (unpaired) electrons. The molecule has 0 saturated carbocycles. The summed E-state index contributed by atoms with van der Waals surface area (Å²) in [6.07, 6.45) is 1.53. The van der Waals surface area contributed by atoms with Crippen molar-refractivity contribution in [2.45, 2.75) is 0 Å². The van der Waals surface area contributed by atoms with Crippen molar-refractivity contribution in [3.05, 3.63) is 35.0 Å². The van der Waals surface area contributed by atoms with Crippen molar-refractivity contribution in [2.75, 3.05) is 18.2 Å².